The summed E-state index contributed by atoms with van der Waals surface area (Å²) in [7, 11) is -3.55. The van der Waals surface area contributed by atoms with Gasteiger partial charge in [0, 0.05) is 17.1 Å². The van der Waals surface area contributed by atoms with Crippen LogP contribution in [0.15, 0.2) is 0 Å². The first-order chi connectivity index (χ1) is 7.89. The zero-order valence-corrected chi connectivity index (χ0v) is 13.9. The van der Waals surface area contributed by atoms with Crippen LogP contribution in [0.1, 0.15) is 13.8 Å². The van der Waals surface area contributed by atoms with E-state index < -0.39 is 7.82 Å². The van der Waals surface area contributed by atoms with Gasteiger partial charge in [-0.1, -0.05) is 29.8 Å². The van der Waals surface area contributed by atoms with Gasteiger partial charge in [0.1, 0.15) is 0 Å². The van der Waals surface area contributed by atoms with Gasteiger partial charge in [0.05, 0.1) is 19.8 Å². The third kappa shape index (κ3) is 8.82. The monoisotopic (exact) mass is 370 g/mol. The Kier molecular flexibility index (Phi) is 9.76. The second-order valence-electron chi connectivity index (χ2n) is 4.06. The summed E-state index contributed by atoms with van der Waals surface area (Å²) in [6, 6.07) is 0. The molecule has 0 radical (unpaired) electrons. The molecule has 0 amide bonds. The van der Waals surface area contributed by atoms with Crippen LogP contribution in [0.5, 0.6) is 0 Å². The minimum atomic E-state index is -3.55. The Morgan fingerprint density at radius 1 is 1.12 bits per heavy atom. The summed E-state index contributed by atoms with van der Waals surface area (Å²) in [4.78, 5) is 0. The van der Waals surface area contributed by atoms with Crippen LogP contribution in [-0.2, 0) is 18.1 Å². The summed E-state index contributed by atoms with van der Waals surface area (Å²) in [5.74, 6) is 0.443. The molecule has 17 heavy (non-hydrogen) atoms. The van der Waals surface area contributed by atoms with Crippen molar-refractivity contribution in [1.29, 1.82) is 0 Å². The Morgan fingerprint density at radius 3 is 1.94 bits per heavy atom. The molecular weight excluding hydrogens is 354 g/mol. The van der Waals surface area contributed by atoms with E-state index in [0.717, 1.165) is 0 Å². The fourth-order valence-corrected chi connectivity index (χ4v) is 2.59. The molecule has 0 atom stereocenters. The van der Waals surface area contributed by atoms with Crippen LogP contribution in [0.2, 0.25) is 0 Å². The zero-order chi connectivity index (χ0) is 13.4. The number of halogens is 3. The highest BCUT2D eigenvalue weighted by Gasteiger charge is 2.30. The Labute approximate surface area is 121 Å². The summed E-state index contributed by atoms with van der Waals surface area (Å²) >= 11 is 14.3. The molecule has 0 aliphatic carbocycles. The molecule has 0 aromatic carbocycles. The van der Waals surface area contributed by atoms with Gasteiger partial charge in [-0.15, -0.1) is 23.2 Å². The van der Waals surface area contributed by atoms with Crippen molar-refractivity contribution in [2.24, 2.45) is 5.41 Å². The minimum absolute atomic E-state index is 0.107. The first-order valence-electron chi connectivity index (χ1n) is 5.11. The van der Waals surface area contributed by atoms with Crippen molar-refractivity contribution in [2.75, 3.05) is 36.9 Å². The fraction of sp³-hybridized carbons (Fsp3) is 1.00. The highest BCUT2D eigenvalue weighted by molar-refractivity contribution is 9.09. The van der Waals surface area contributed by atoms with Gasteiger partial charge in [0.2, 0.25) is 0 Å². The van der Waals surface area contributed by atoms with Crippen LogP contribution in [0, 0.1) is 5.41 Å². The van der Waals surface area contributed by atoms with Crippen molar-refractivity contribution in [2.45, 2.75) is 13.8 Å². The molecule has 0 fully saturated rings. The van der Waals surface area contributed by atoms with Crippen molar-refractivity contribution in [3.8, 4) is 0 Å². The van der Waals surface area contributed by atoms with Gasteiger partial charge in [-0.2, -0.15) is 0 Å². The molecular formula is C9H18BrCl2O4P. The van der Waals surface area contributed by atoms with Gasteiger partial charge in [0.25, 0.3) is 0 Å². The molecule has 0 rings (SSSR count). The van der Waals surface area contributed by atoms with E-state index in [9.17, 15) is 4.57 Å². The zero-order valence-electron chi connectivity index (χ0n) is 9.96. The molecule has 0 saturated heterocycles. The SMILES string of the molecule is CC(C)(CBr)COP(=O)(OCCCl)OCCCl. The Bertz CT molecular complexity index is 241. The van der Waals surface area contributed by atoms with E-state index in [2.05, 4.69) is 15.9 Å². The lowest BCUT2D eigenvalue weighted by Crippen LogP contribution is -2.21. The lowest BCUT2D eigenvalue weighted by Gasteiger charge is -2.24. The number of phosphoric ester groups is 1. The van der Waals surface area contributed by atoms with E-state index in [4.69, 9.17) is 36.8 Å². The predicted octanol–water partition coefficient (Wildman–Crippen LogP) is 4.04. The maximum atomic E-state index is 12.1. The summed E-state index contributed by atoms with van der Waals surface area (Å²) in [6.07, 6.45) is 0. The van der Waals surface area contributed by atoms with Gasteiger partial charge < -0.3 is 0 Å². The number of rotatable bonds is 10. The van der Waals surface area contributed by atoms with Crippen molar-refractivity contribution in [1.82, 2.24) is 0 Å². The summed E-state index contributed by atoms with van der Waals surface area (Å²) in [5.41, 5.74) is -0.162. The van der Waals surface area contributed by atoms with Crippen molar-refractivity contribution < 1.29 is 18.1 Å². The van der Waals surface area contributed by atoms with Crippen LogP contribution >= 0.6 is 47.0 Å². The van der Waals surface area contributed by atoms with Gasteiger partial charge in [-0.25, -0.2) is 4.57 Å². The predicted molar refractivity (Wildman–Crippen MR) is 74.5 cm³/mol. The Balaban J connectivity index is 4.32. The van der Waals surface area contributed by atoms with Crippen molar-refractivity contribution in [3.63, 3.8) is 0 Å². The summed E-state index contributed by atoms with van der Waals surface area (Å²) in [5, 5.41) is 0.713. The molecule has 8 heteroatoms. The Morgan fingerprint density at radius 2 is 1.59 bits per heavy atom. The molecule has 0 saturated carbocycles. The molecule has 4 nitrogen and oxygen atoms in total. The highest BCUT2D eigenvalue weighted by Crippen LogP contribution is 2.50. The first kappa shape index (κ1) is 18.2. The molecule has 0 aliphatic rings. The number of hydrogen-bond acceptors (Lipinski definition) is 4. The largest absolute Gasteiger partial charge is 0.474 e. The molecule has 0 aromatic rings. The molecule has 0 bridgehead atoms. The average Bonchev–Trinajstić information content (AvgIpc) is 2.32. The third-order valence-corrected chi connectivity index (χ3v) is 4.90. The summed E-state index contributed by atoms with van der Waals surface area (Å²) < 4.78 is 27.4. The summed E-state index contributed by atoms with van der Waals surface area (Å²) in [6.45, 7) is 4.40. The number of phosphoric acid groups is 1. The maximum Gasteiger partial charge on any atom is 0.474 e. The van der Waals surface area contributed by atoms with Crippen LogP contribution in [0.25, 0.3) is 0 Å². The third-order valence-electron chi connectivity index (χ3n) is 1.63. The second kappa shape index (κ2) is 9.13. The number of alkyl halides is 3. The molecule has 0 aliphatic heterocycles. The second-order valence-corrected chi connectivity index (χ2v) is 7.05. The topological polar surface area (TPSA) is 44.8 Å². The molecule has 0 unspecified atom stereocenters. The van der Waals surface area contributed by atoms with Crippen molar-refractivity contribution >= 4 is 47.0 Å². The van der Waals surface area contributed by atoms with E-state index in [1.54, 1.807) is 0 Å². The van der Waals surface area contributed by atoms with Gasteiger partial charge in [0.15, 0.2) is 0 Å². The van der Waals surface area contributed by atoms with Crippen LogP contribution in [0.4, 0.5) is 0 Å². The van der Waals surface area contributed by atoms with E-state index in [0.29, 0.717) is 5.33 Å². The maximum absolute atomic E-state index is 12.1. The van der Waals surface area contributed by atoms with E-state index in [1.807, 2.05) is 13.8 Å². The van der Waals surface area contributed by atoms with E-state index >= 15 is 0 Å². The Hall–Kier alpha value is 1.17. The van der Waals surface area contributed by atoms with Gasteiger partial charge in [-0.05, 0) is 5.41 Å². The lowest BCUT2D eigenvalue weighted by atomic mass is 9.99. The minimum Gasteiger partial charge on any atom is -0.286 e. The fourth-order valence-electron chi connectivity index (χ4n) is 0.697. The van der Waals surface area contributed by atoms with Crippen LogP contribution in [0.3, 0.4) is 0 Å². The first-order valence-corrected chi connectivity index (χ1v) is 8.76. The van der Waals surface area contributed by atoms with Gasteiger partial charge >= 0.3 is 7.82 Å². The molecule has 0 N–H and O–H groups in total. The lowest BCUT2D eigenvalue weighted by molar-refractivity contribution is 0.0939. The molecule has 0 heterocycles. The van der Waals surface area contributed by atoms with E-state index in [1.165, 1.54) is 0 Å². The molecule has 0 spiro atoms. The standard InChI is InChI=1S/C9H18BrCl2O4P/c1-9(2,7-10)8-16-17(13,14-5-3-11)15-6-4-12/h3-8H2,1-2H3. The normalized spacial score (nSPS) is 13.0. The average molecular weight is 372 g/mol. The quantitative estimate of drug-likeness (QED) is 0.429. The number of hydrogen-bond donors (Lipinski definition) is 0. The van der Waals surface area contributed by atoms with Gasteiger partial charge in [-0.3, -0.25) is 13.6 Å². The molecule has 0 aromatic heterocycles. The highest BCUT2D eigenvalue weighted by atomic mass is 79.9. The van der Waals surface area contributed by atoms with Crippen LogP contribution in [-0.4, -0.2) is 36.9 Å². The molecule has 104 valence electrons. The van der Waals surface area contributed by atoms with E-state index in [-0.39, 0.29) is 37.0 Å². The van der Waals surface area contributed by atoms with Crippen LogP contribution < -0.4 is 0 Å². The smallest absolute Gasteiger partial charge is 0.286 e. The van der Waals surface area contributed by atoms with Crippen molar-refractivity contribution in [3.05, 3.63) is 0 Å².